The third-order valence-electron chi connectivity index (χ3n) is 4.34. The van der Waals surface area contributed by atoms with Crippen LogP contribution in [0.15, 0.2) is 41.3 Å². The van der Waals surface area contributed by atoms with Gasteiger partial charge in [-0.25, -0.2) is 4.98 Å². The molecule has 0 aliphatic rings. The molecule has 0 aliphatic carbocycles. The molecule has 180 valence electrons. The first-order chi connectivity index (χ1) is 15.6. The minimum Gasteiger partial charge on any atom is -0.465 e. The molecule has 0 spiro atoms. The Bertz CT molecular complexity index is 989. The predicted molar refractivity (Wildman–Crippen MR) is 126 cm³/mol. The highest BCUT2D eigenvalue weighted by atomic mass is 35.5. The number of ether oxygens (including phenoxy) is 2. The monoisotopic (exact) mass is 478 g/mol. The first kappa shape index (κ1) is 26.3. The van der Waals surface area contributed by atoms with Crippen molar-refractivity contribution in [3.8, 4) is 0 Å². The van der Waals surface area contributed by atoms with Crippen molar-refractivity contribution in [1.29, 1.82) is 0 Å². The van der Waals surface area contributed by atoms with Gasteiger partial charge in [-0.3, -0.25) is 19.0 Å². The molecule has 1 heterocycles. The van der Waals surface area contributed by atoms with Gasteiger partial charge in [0.05, 0.1) is 19.3 Å². The van der Waals surface area contributed by atoms with E-state index in [9.17, 15) is 14.4 Å². The largest absolute Gasteiger partial charge is 0.465 e. The Labute approximate surface area is 198 Å². The molecule has 0 radical (unpaired) electrons. The van der Waals surface area contributed by atoms with Gasteiger partial charge < -0.3 is 20.1 Å². The molecule has 1 unspecified atom stereocenters. The van der Waals surface area contributed by atoms with Gasteiger partial charge in [0.25, 0.3) is 5.56 Å². The summed E-state index contributed by atoms with van der Waals surface area (Å²) in [7, 11) is 0. The van der Waals surface area contributed by atoms with Crippen molar-refractivity contribution in [3.05, 3.63) is 57.6 Å². The van der Waals surface area contributed by atoms with Crippen molar-refractivity contribution in [2.75, 3.05) is 25.0 Å². The summed E-state index contributed by atoms with van der Waals surface area (Å²) < 4.78 is 11.3. The molecule has 0 saturated heterocycles. The minimum atomic E-state index is -0.572. The summed E-state index contributed by atoms with van der Waals surface area (Å²) in [5, 5.41) is 6.22. The van der Waals surface area contributed by atoms with Crippen LogP contribution in [0.25, 0.3) is 0 Å². The number of hydrogen-bond donors (Lipinski definition) is 2. The van der Waals surface area contributed by atoms with Crippen LogP contribution in [0.2, 0.25) is 5.15 Å². The Hall–Kier alpha value is -2.91. The average molecular weight is 479 g/mol. The fraction of sp³-hybridized carbons (Fsp3) is 0.478. The smallest absolute Gasteiger partial charge is 0.326 e. The molecule has 0 aliphatic heterocycles. The third kappa shape index (κ3) is 9.23. The highest BCUT2D eigenvalue weighted by Crippen LogP contribution is 2.11. The maximum Gasteiger partial charge on any atom is 0.326 e. The van der Waals surface area contributed by atoms with Crippen molar-refractivity contribution in [2.45, 2.75) is 52.3 Å². The third-order valence-corrected chi connectivity index (χ3v) is 4.65. The topological polar surface area (TPSA) is 112 Å². The number of aromatic nitrogens is 2. The van der Waals surface area contributed by atoms with Gasteiger partial charge in [0.2, 0.25) is 0 Å². The molecule has 1 atom stereocenters. The number of anilines is 1. The van der Waals surface area contributed by atoms with Crippen molar-refractivity contribution in [3.63, 3.8) is 0 Å². The van der Waals surface area contributed by atoms with E-state index >= 15 is 0 Å². The van der Waals surface area contributed by atoms with Gasteiger partial charge in [0.1, 0.15) is 17.3 Å². The van der Waals surface area contributed by atoms with Crippen LogP contribution in [0.1, 0.15) is 33.3 Å². The second kappa shape index (κ2) is 12.4. The van der Waals surface area contributed by atoms with E-state index in [1.807, 2.05) is 30.3 Å². The maximum absolute atomic E-state index is 12.9. The van der Waals surface area contributed by atoms with Gasteiger partial charge in [-0.1, -0.05) is 41.9 Å². The molecule has 9 nitrogen and oxygen atoms in total. The summed E-state index contributed by atoms with van der Waals surface area (Å²) in [5.41, 5.74) is -0.0758. The first-order valence-corrected chi connectivity index (χ1v) is 11.1. The standard InChI is InChI=1S/C23H31ClN4O5/c1-5-32-20(30)15-28-18(24)13-26-21(22(28)31)27-17(11-16-9-7-6-8-10-16)12-25-14-19(29)33-23(2,3)4/h6-10,13,17,25H,5,11-12,14-15H2,1-4H3,(H,26,27). The molecule has 2 rings (SSSR count). The number of nitrogens with zero attached hydrogens (tertiary/aromatic N) is 2. The Morgan fingerprint density at radius 2 is 1.88 bits per heavy atom. The van der Waals surface area contributed by atoms with Gasteiger partial charge >= 0.3 is 11.9 Å². The van der Waals surface area contributed by atoms with E-state index in [0.717, 1.165) is 10.1 Å². The number of carbonyl (C=O) groups excluding carboxylic acids is 2. The lowest BCUT2D eigenvalue weighted by atomic mass is 10.1. The normalized spacial score (nSPS) is 12.2. The Balaban J connectivity index is 2.16. The van der Waals surface area contributed by atoms with Gasteiger partial charge in [0.15, 0.2) is 5.82 Å². The van der Waals surface area contributed by atoms with E-state index < -0.39 is 17.1 Å². The number of rotatable bonds is 11. The highest BCUT2D eigenvalue weighted by Gasteiger charge is 2.19. The number of carbonyl (C=O) groups is 2. The van der Waals surface area contributed by atoms with Crippen molar-refractivity contribution < 1.29 is 19.1 Å². The Morgan fingerprint density at radius 1 is 1.18 bits per heavy atom. The van der Waals surface area contributed by atoms with Crippen LogP contribution in [-0.4, -0.2) is 52.8 Å². The van der Waals surface area contributed by atoms with E-state index in [0.29, 0.717) is 13.0 Å². The zero-order valence-corrected chi connectivity index (χ0v) is 20.1. The first-order valence-electron chi connectivity index (χ1n) is 10.7. The molecule has 1 aromatic carbocycles. The van der Waals surface area contributed by atoms with Crippen LogP contribution in [0.3, 0.4) is 0 Å². The minimum absolute atomic E-state index is 0.0192. The second-order valence-corrected chi connectivity index (χ2v) is 8.76. The Kier molecular flexibility index (Phi) is 9.87. The van der Waals surface area contributed by atoms with Crippen molar-refractivity contribution >= 4 is 29.4 Å². The summed E-state index contributed by atoms with van der Waals surface area (Å²) in [5.74, 6) is -0.899. The Morgan fingerprint density at radius 3 is 2.52 bits per heavy atom. The molecule has 2 aromatic rings. The average Bonchev–Trinajstić information content (AvgIpc) is 2.72. The molecule has 10 heteroatoms. The molecule has 0 bridgehead atoms. The summed E-state index contributed by atoms with van der Waals surface area (Å²) in [4.78, 5) is 40.9. The lowest BCUT2D eigenvalue weighted by Crippen LogP contribution is -2.40. The SMILES string of the molecule is CCOC(=O)Cn1c(Cl)cnc(NC(CNCC(=O)OC(C)(C)C)Cc2ccccc2)c1=O. The molecule has 0 saturated carbocycles. The summed E-state index contributed by atoms with van der Waals surface area (Å²) in [6, 6.07) is 9.42. The van der Waals surface area contributed by atoms with Crippen LogP contribution in [0, 0.1) is 0 Å². The van der Waals surface area contributed by atoms with Crippen LogP contribution >= 0.6 is 11.6 Å². The molecule has 1 aromatic heterocycles. The second-order valence-electron chi connectivity index (χ2n) is 8.37. The molecular formula is C23H31ClN4O5. The molecule has 33 heavy (non-hydrogen) atoms. The zero-order chi connectivity index (χ0) is 24.4. The molecule has 0 fully saturated rings. The van der Waals surface area contributed by atoms with E-state index in [1.54, 1.807) is 27.7 Å². The van der Waals surface area contributed by atoms with E-state index in [4.69, 9.17) is 21.1 Å². The van der Waals surface area contributed by atoms with E-state index in [2.05, 4.69) is 15.6 Å². The summed E-state index contributed by atoms with van der Waals surface area (Å²) in [6.45, 7) is 7.35. The summed E-state index contributed by atoms with van der Waals surface area (Å²) >= 11 is 6.08. The van der Waals surface area contributed by atoms with Gasteiger partial charge in [-0.2, -0.15) is 0 Å². The lowest BCUT2D eigenvalue weighted by molar-refractivity contribution is -0.153. The van der Waals surface area contributed by atoms with Crippen molar-refractivity contribution in [2.24, 2.45) is 0 Å². The van der Waals surface area contributed by atoms with Crippen LogP contribution in [-0.2, 0) is 32.0 Å². The molecule has 2 N–H and O–H groups in total. The van der Waals surface area contributed by atoms with E-state index in [1.165, 1.54) is 6.20 Å². The van der Waals surface area contributed by atoms with Gasteiger partial charge in [0, 0.05) is 12.6 Å². The number of esters is 2. The predicted octanol–water partition coefficient (Wildman–Crippen LogP) is 2.41. The number of nitrogens with one attached hydrogen (secondary N) is 2. The van der Waals surface area contributed by atoms with Crippen LogP contribution in [0.4, 0.5) is 5.82 Å². The van der Waals surface area contributed by atoms with Crippen LogP contribution in [0.5, 0.6) is 0 Å². The number of hydrogen-bond acceptors (Lipinski definition) is 8. The van der Waals surface area contributed by atoms with E-state index in [-0.39, 0.29) is 42.7 Å². The fourth-order valence-electron chi connectivity index (χ4n) is 3.04. The zero-order valence-electron chi connectivity index (χ0n) is 19.4. The summed E-state index contributed by atoms with van der Waals surface area (Å²) in [6.07, 6.45) is 1.86. The quantitative estimate of drug-likeness (QED) is 0.473. The maximum atomic E-state index is 12.9. The van der Waals surface area contributed by atoms with Gasteiger partial charge in [-0.15, -0.1) is 0 Å². The number of halogens is 1. The van der Waals surface area contributed by atoms with Gasteiger partial charge in [-0.05, 0) is 39.7 Å². The fourth-order valence-corrected chi connectivity index (χ4v) is 3.23. The lowest BCUT2D eigenvalue weighted by Gasteiger charge is -2.22. The molecular weight excluding hydrogens is 448 g/mol. The number of benzene rings is 1. The van der Waals surface area contributed by atoms with Crippen molar-refractivity contribution in [1.82, 2.24) is 14.9 Å². The van der Waals surface area contributed by atoms with Crippen LogP contribution < -0.4 is 16.2 Å². The highest BCUT2D eigenvalue weighted by molar-refractivity contribution is 6.29. The molecule has 0 amide bonds.